The minimum absolute atomic E-state index is 0.0807. The molecule has 1 heterocycles. The van der Waals surface area contributed by atoms with E-state index < -0.39 is 18.0 Å². The molecule has 0 radical (unpaired) electrons. The molecular weight excluding hydrogens is 443 g/mol. The van der Waals surface area contributed by atoms with Gasteiger partial charge in [0.05, 0.1) is 29.6 Å². The molecule has 4 N–H and O–H groups in total. The van der Waals surface area contributed by atoms with Crippen LogP contribution < -0.4 is 20.7 Å². The van der Waals surface area contributed by atoms with Crippen molar-refractivity contribution in [2.75, 3.05) is 30.4 Å². The molecule has 2 aromatic rings. The molecule has 0 saturated heterocycles. The Morgan fingerprint density at radius 1 is 1.35 bits per heavy atom. The number of β-amino-alcohol motifs (C(OH)–C–C–N with tert-alkyl or cyclic N) is 1. The van der Waals surface area contributed by atoms with Gasteiger partial charge in [-0.3, -0.25) is 10.1 Å². The first-order valence-electron chi connectivity index (χ1n) is 10.7. The van der Waals surface area contributed by atoms with Gasteiger partial charge in [-0.05, 0) is 57.5 Å². The van der Waals surface area contributed by atoms with E-state index in [1.807, 2.05) is 51.1 Å². The Hall–Kier alpha value is -3.68. The van der Waals surface area contributed by atoms with E-state index in [2.05, 4.69) is 20.7 Å². The van der Waals surface area contributed by atoms with Crippen molar-refractivity contribution in [1.82, 2.24) is 5.32 Å². The van der Waals surface area contributed by atoms with Crippen LogP contribution in [0.2, 0.25) is 0 Å². The molecule has 2 amide bonds. The molecule has 0 fully saturated rings. The fourth-order valence-electron chi connectivity index (χ4n) is 2.85. The van der Waals surface area contributed by atoms with Crippen molar-refractivity contribution in [2.24, 2.45) is 0 Å². The molecule has 0 aromatic heterocycles. The number of benzene rings is 2. The second-order valence-corrected chi connectivity index (χ2v) is 8.36. The molecule has 0 bridgehead atoms. The van der Waals surface area contributed by atoms with Gasteiger partial charge in [0.15, 0.2) is 6.61 Å². The average molecular weight is 473 g/mol. The average Bonchev–Trinajstić information content (AvgIpc) is 2.78. The van der Waals surface area contributed by atoms with Crippen LogP contribution in [0.5, 0.6) is 5.75 Å². The van der Waals surface area contributed by atoms with Crippen molar-refractivity contribution in [3.05, 3.63) is 53.3 Å². The van der Waals surface area contributed by atoms with Crippen LogP contribution in [-0.4, -0.2) is 42.4 Å². The molecule has 0 saturated carbocycles. The van der Waals surface area contributed by atoms with E-state index in [-0.39, 0.29) is 48.0 Å². The number of ether oxygens (including phenoxy) is 2. The maximum Gasteiger partial charge on any atom is 0.411 e. The quantitative estimate of drug-likeness (QED) is 0.521. The molecule has 3 rings (SSSR count). The summed E-state index contributed by atoms with van der Waals surface area (Å²) in [5.74, 6) is -0.155. The third kappa shape index (κ3) is 8.03. The maximum absolute atomic E-state index is 14.2. The molecule has 0 spiro atoms. The van der Waals surface area contributed by atoms with Gasteiger partial charge in [0.25, 0.3) is 5.91 Å². The molecule has 182 valence electrons. The highest BCUT2D eigenvalue weighted by molar-refractivity contribution is 5.95. The lowest BCUT2D eigenvalue weighted by Crippen LogP contribution is -2.38. The number of hydrogen-bond acceptors (Lipinski definition) is 7. The van der Waals surface area contributed by atoms with Crippen LogP contribution in [0.3, 0.4) is 0 Å². The molecule has 2 aromatic carbocycles. The van der Waals surface area contributed by atoms with Crippen molar-refractivity contribution in [2.45, 2.75) is 39.3 Å². The van der Waals surface area contributed by atoms with Crippen molar-refractivity contribution < 1.29 is 28.6 Å². The van der Waals surface area contributed by atoms with Crippen molar-refractivity contribution in [1.29, 1.82) is 5.26 Å². The Morgan fingerprint density at radius 3 is 2.71 bits per heavy atom. The lowest BCUT2D eigenvalue weighted by molar-refractivity contribution is -0.118. The second-order valence-electron chi connectivity index (χ2n) is 8.36. The summed E-state index contributed by atoms with van der Waals surface area (Å²) < 4.78 is 24.0. The summed E-state index contributed by atoms with van der Waals surface area (Å²) in [6, 6.07) is 11.6. The van der Waals surface area contributed by atoms with E-state index in [9.17, 15) is 19.1 Å². The van der Waals surface area contributed by atoms with Crippen LogP contribution >= 0.6 is 0 Å². The summed E-state index contributed by atoms with van der Waals surface area (Å²) in [4.78, 5) is 22.2. The Labute approximate surface area is 197 Å². The standard InChI is InChI=1S/C16H22FN3O3.C8H7NO2/c1-5-23-15(22)20-14-11(8-18)6-10(7-12(14)17)13(21)9-19-16(2,3)4;10-8-5-11-7-4-2-1-3-6(7)9-8/h6-7,13,19,21H,5,9H2,1-4H3,(H,20,22);1-4H,5H2,(H,9,10). The smallest absolute Gasteiger partial charge is 0.411 e. The van der Waals surface area contributed by atoms with Gasteiger partial charge in [-0.2, -0.15) is 5.26 Å². The summed E-state index contributed by atoms with van der Waals surface area (Å²) in [6.07, 6.45) is -1.82. The lowest BCUT2D eigenvalue weighted by atomic mass is 10.0. The summed E-state index contributed by atoms with van der Waals surface area (Å²) in [6.45, 7) is 7.89. The fraction of sp³-hybridized carbons (Fsp3) is 0.375. The van der Waals surface area contributed by atoms with Crippen LogP contribution in [0.15, 0.2) is 36.4 Å². The van der Waals surface area contributed by atoms with Gasteiger partial charge in [-0.1, -0.05) is 12.1 Å². The molecule has 1 aliphatic rings. The van der Waals surface area contributed by atoms with Gasteiger partial charge in [0.1, 0.15) is 17.6 Å². The summed E-state index contributed by atoms with van der Waals surface area (Å²) in [5, 5.41) is 27.3. The zero-order valence-electron chi connectivity index (χ0n) is 19.6. The number of halogens is 1. The van der Waals surface area contributed by atoms with Gasteiger partial charge < -0.3 is 25.2 Å². The Bertz CT molecular complexity index is 1060. The SMILES string of the molecule is CCOC(=O)Nc1c(F)cc(C(O)CNC(C)(C)C)cc1C#N.O=C1COc2ccccc2N1. The highest BCUT2D eigenvalue weighted by Crippen LogP contribution is 2.26. The van der Waals surface area contributed by atoms with Crippen LogP contribution in [-0.2, 0) is 9.53 Å². The predicted molar refractivity (Wildman–Crippen MR) is 125 cm³/mol. The lowest BCUT2D eigenvalue weighted by Gasteiger charge is -2.23. The predicted octanol–water partition coefficient (Wildman–Crippen LogP) is 3.70. The number of nitrogens with zero attached hydrogens (tertiary/aromatic N) is 1. The Balaban J connectivity index is 0.000000305. The van der Waals surface area contributed by atoms with Gasteiger partial charge in [-0.25, -0.2) is 9.18 Å². The van der Waals surface area contributed by atoms with Gasteiger partial charge in [0, 0.05) is 12.1 Å². The number of aliphatic hydroxyl groups is 1. The summed E-state index contributed by atoms with van der Waals surface area (Å²) in [7, 11) is 0. The number of carbonyl (C=O) groups is 2. The van der Waals surface area contributed by atoms with E-state index >= 15 is 0 Å². The minimum atomic E-state index is -0.979. The zero-order valence-corrected chi connectivity index (χ0v) is 19.6. The third-order valence-electron chi connectivity index (χ3n) is 4.47. The number of fused-ring (bicyclic) bond motifs is 1. The van der Waals surface area contributed by atoms with Crippen molar-refractivity contribution >= 4 is 23.4 Å². The topological polar surface area (TPSA) is 133 Å². The molecule has 34 heavy (non-hydrogen) atoms. The maximum atomic E-state index is 14.2. The number of nitrogens with one attached hydrogen (secondary N) is 3. The number of para-hydroxylation sites is 2. The van der Waals surface area contributed by atoms with E-state index in [0.29, 0.717) is 0 Å². The van der Waals surface area contributed by atoms with Crippen molar-refractivity contribution in [3.63, 3.8) is 0 Å². The zero-order chi connectivity index (χ0) is 25.3. The molecule has 0 aliphatic carbocycles. The molecule has 1 aliphatic heterocycles. The normalized spacial score (nSPS) is 13.1. The number of carbonyl (C=O) groups excluding carboxylic acids is 2. The summed E-state index contributed by atoms with van der Waals surface area (Å²) >= 11 is 0. The number of aliphatic hydroxyl groups excluding tert-OH is 1. The Morgan fingerprint density at radius 2 is 2.06 bits per heavy atom. The molecule has 1 atom stereocenters. The van der Waals surface area contributed by atoms with Gasteiger partial charge >= 0.3 is 6.09 Å². The first-order valence-corrected chi connectivity index (χ1v) is 10.7. The largest absolute Gasteiger partial charge is 0.482 e. The van der Waals surface area contributed by atoms with E-state index in [0.717, 1.165) is 17.5 Å². The van der Waals surface area contributed by atoms with E-state index in [1.165, 1.54) is 6.07 Å². The first-order chi connectivity index (χ1) is 16.0. The van der Waals surface area contributed by atoms with Crippen LogP contribution in [0.25, 0.3) is 0 Å². The van der Waals surface area contributed by atoms with Crippen molar-refractivity contribution in [3.8, 4) is 11.8 Å². The first kappa shape index (κ1) is 26.6. The van der Waals surface area contributed by atoms with E-state index in [1.54, 1.807) is 6.92 Å². The number of anilines is 2. The molecule has 10 heteroatoms. The molecule has 9 nitrogen and oxygen atoms in total. The Kier molecular flexibility index (Phi) is 9.36. The van der Waals surface area contributed by atoms with Crippen LogP contribution in [0.1, 0.15) is 44.9 Å². The van der Waals surface area contributed by atoms with E-state index in [4.69, 9.17) is 10.00 Å². The second kappa shape index (κ2) is 12.0. The molecule has 1 unspecified atom stereocenters. The fourth-order valence-corrected chi connectivity index (χ4v) is 2.85. The van der Waals surface area contributed by atoms with Crippen LogP contribution in [0.4, 0.5) is 20.6 Å². The number of hydrogen-bond donors (Lipinski definition) is 4. The number of nitriles is 1. The third-order valence-corrected chi connectivity index (χ3v) is 4.47. The van der Waals surface area contributed by atoms with Gasteiger partial charge in [-0.15, -0.1) is 0 Å². The highest BCUT2D eigenvalue weighted by atomic mass is 19.1. The highest BCUT2D eigenvalue weighted by Gasteiger charge is 2.19. The minimum Gasteiger partial charge on any atom is -0.482 e. The monoisotopic (exact) mass is 472 g/mol. The number of amides is 2. The van der Waals surface area contributed by atoms with Gasteiger partial charge in [0.2, 0.25) is 0 Å². The molecular formula is C24H29FN4O5. The van der Waals surface area contributed by atoms with Crippen LogP contribution in [0, 0.1) is 17.1 Å². The number of rotatable bonds is 5. The summed E-state index contributed by atoms with van der Waals surface area (Å²) in [5.41, 5.74) is 0.464.